The van der Waals surface area contributed by atoms with Gasteiger partial charge in [-0.05, 0) is 34.4 Å². The Morgan fingerprint density at radius 2 is 1.36 bits per heavy atom. The van der Waals surface area contributed by atoms with Gasteiger partial charge in [0.05, 0.1) is 30.6 Å². The van der Waals surface area contributed by atoms with E-state index in [2.05, 4.69) is 60.6 Å². The Bertz CT molecular complexity index is 685. The Morgan fingerprint density at radius 1 is 0.893 bits per heavy atom. The molecule has 3 aliphatic rings. The van der Waals surface area contributed by atoms with Gasteiger partial charge >= 0.3 is 0 Å². The SMILES string of the molecule is CC(C)c1cc(C(C)C)c([S@@](=O)CCC23OCC(C)(CO2)CO3)c(C(C)C)c1. The zero-order valence-corrected chi connectivity index (χ0v) is 19.3. The summed E-state index contributed by atoms with van der Waals surface area (Å²) in [6.07, 6.45) is 0.483. The van der Waals surface area contributed by atoms with Gasteiger partial charge in [-0.25, -0.2) is 0 Å². The molecule has 0 amide bonds. The van der Waals surface area contributed by atoms with E-state index in [1.165, 1.54) is 16.7 Å². The molecule has 3 aliphatic heterocycles. The second kappa shape index (κ2) is 8.17. The van der Waals surface area contributed by atoms with E-state index in [-0.39, 0.29) is 5.41 Å². The van der Waals surface area contributed by atoms with Crippen molar-refractivity contribution < 1.29 is 18.4 Å². The molecule has 0 spiro atoms. The highest BCUT2D eigenvalue weighted by Crippen LogP contribution is 2.41. The van der Waals surface area contributed by atoms with E-state index < -0.39 is 16.8 Å². The van der Waals surface area contributed by atoms with E-state index in [0.717, 1.165) is 4.90 Å². The van der Waals surface area contributed by atoms with Crippen LogP contribution in [0.25, 0.3) is 0 Å². The fourth-order valence-corrected chi connectivity index (χ4v) is 5.55. The fourth-order valence-electron chi connectivity index (χ4n) is 3.79. The molecular weight excluding hydrogens is 372 g/mol. The van der Waals surface area contributed by atoms with Gasteiger partial charge in [-0.15, -0.1) is 0 Å². The minimum Gasteiger partial charge on any atom is -0.327 e. The van der Waals surface area contributed by atoms with E-state index >= 15 is 0 Å². The fraction of sp³-hybridized carbons (Fsp3) is 0.739. The van der Waals surface area contributed by atoms with Gasteiger partial charge < -0.3 is 14.2 Å². The Balaban J connectivity index is 1.86. The number of rotatable bonds is 7. The lowest BCUT2D eigenvalue weighted by Gasteiger charge is -2.50. The third-order valence-electron chi connectivity index (χ3n) is 5.82. The van der Waals surface area contributed by atoms with Crippen molar-refractivity contribution in [2.24, 2.45) is 5.41 Å². The third kappa shape index (κ3) is 4.38. The quantitative estimate of drug-likeness (QED) is 0.615. The number of hydrogen-bond donors (Lipinski definition) is 0. The average molecular weight is 409 g/mol. The van der Waals surface area contributed by atoms with Gasteiger partial charge in [0.15, 0.2) is 0 Å². The molecule has 0 aromatic heterocycles. The number of benzene rings is 1. The van der Waals surface area contributed by atoms with Crippen LogP contribution in [0, 0.1) is 5.41 Å². The minimum absolute atomic E-state index is 0.0524. The molecule has 0 radical (unpaired) electrons. The Labute approximate surface area is 172 Å². The zero-order chi connectivity index (χ0) is 20.7. The molecule has 3 heterocycles. The van der Waals surface area contributed by atoms with Crippen molar-refractivity contribution in [1.29, 1.82) is 0 Å². The van der Waals surface area contributed by atoms with Crippen molar-refractivity contribution in [1.82, 2.24) is 0 Å². The third-order valence-corrected chi connectivity index (χ3v) is 7.32. The number of ether oxygens (including phenoxy) is 3. The molecule has 2 bridgehead atoms. The highest BCUT2D eigenvalue weighted by molar-refractivity contribution is 7.85. The number of fused-ring (bicyclic) bond motifs is 3. The molecule has 28 heavy (non-hydrogen) atoms. The summed E-state index contributed by atoms with van der Waals surface area (Å²) in [5.41, 5.74) is 3.67. The average Bonchev–Trinajstić information content (AvgIpc) is 2.66. The predicted molar refractivity (Wildman–Crippen MR) is 113 cm³/mol. The summed E-state index contributed by atoms with van der Waals surface area (Å²) in [4.78, 5) is 1.00. The monoisotopic (exact) mass is 408 g/mol. The van der Waals surface area contributed by atoms with Gasteiger partial charge in [0.1, 0.15) is 0 Å². The summed E-state index contributed by atoms with van der Waals surface area (Å²) >= 11 is 0. The largest absolute Gasteiger partial charge is 0.327 e. The van der Waals surface area contributed by atoms with Crippen LogP contribution >= 0.6 is 0 Å². The van der Waals surface area contributed by atoms with Crippen LogP contribution in [0.15, 0.2) is 17.0 Å². The standard InChI is InChI=1S/C23H36O4S/c1-15(2)18-10-19(16(3)4)21(20(11-18)17(5)6)28(24)9-8-23-25-12-22(7,13-26-23)14-27-23/h10-11,15-17H,8-9,12-14H2,1-7H3/t22?,23?,28-/m0/s1. The predicted octanol–water partition coefficient (Wildman–Crippen LogP) is 5.29. The first kappa shape index (κ1) is 21.9. The van der Waals surface area contributed by atoms with E-state index in [9.17, 15) is 4.21 Å². The van der Waals surface area contributed by atoms with Crippen molar-refractivity contribution in [3.63, 3.8) is 0 Å². The summed E-state index contributed by atoms with van der Waals surface area (Å²) < 4.78 is 31.1. The maximum atomic E-state index is 13.5. The summed E-state index contributed by atoms with van der Waals surface area (Å²) in [6, 6.07) is 4.51. The zero-order valence-electron chi connectivity index (χ0n) is 18.5. The molecule has 1 aromatic rings. The van der Waals surface area contributed by atoms with Crippen LogP contribution in [-0.4, -0.2) is 35.8 Å². The second-order valence-corrected chi connectivity index (χ2v) is 11.2. The summed E-state index contributed by atoms with van der Waals surface area (Å²) in [6.45, 7) is 17.2. The molecule has 0 N–H and O–H groups in total. The summed E-state index contributed by atoms with van der Waals surface area (Å²) in [5, 5.41) is 0. The molecule has 0 saturated carbocycles. The molecule has 0 unspecified atom stereocenters. The van der Waals surface area contributed by atoms with Crippen LogP contribution in [0.2, 0.25) is 0 Å². The maximum absolute atomic E-state index is 13.5. The lowest BCUT2D eigenvalue weighted by molar-refractivity contribution is -0.465. The Kier molecular flexibility index (Phi) is 6.41. The summed E-state index contributed by atoms with van der Waals surface area (Å²) in [5.74, 6) is 0.549. The highest BCUT2D eigenvalue weighted by Gasteiger charge is 2.50. The molecule has 158 valence electrons. The minimum atomic E-state index is -1.13. The van der Waals surface area contributed by atoms with Crippen molar-refractivity contribution in [3.05, 3.63) is 28.8 Å². The number of hydrogen-bond acceptors (Lipinski definition) is 4. The lowest BCUT2D eigenvalue weighted by Crippen LogP contribution is -2.59. The molecule has 4 rings (SSSR count). The van der Waals surface area contributed by atoms with Crippen LogP contribution in [0.1, 0.15) is 89.3 Å². The molecule has 1 aromatic carbocycles. The molecular formula is C23H36O4S. The molecule has 4 nitrogen and oxygen atoms in total. The van der Waals surface area contributed by atoms with E-state index in [4.69, 9.17) is 14.2 Å². The molecule has 3 saturated heterocycles. The molecule has 1 atom stereocenters. The van der Waals surface area contributed by atoms with E-state index in [0.29, 0.717) is 49.7 Å². The second-order valence-electron chi connectivity index (χ2n) is 9.65. The van der Waals surface area contributed by atoms with Crippen molar-refractivity contribution >= 4 is 10.8 Å². The van der Waals surface area contributed by atoms with Crippen LogP contribution < -0.4 is 0 Å². The van der Waals surface area contributed by atoms with Crippen molar-refractivity contribution in [3.8, 4) is 0 Å². The van der Waals surface area contributed by atoms with Gasteiger partial charge in [0.2, 0.25) is 0 Å². The van der Waals surface area contributed by atoms with Gasteiger partial charge in [-0.2, -0.15) is 0 Å². The highest BCUT2D eigenvalue weighted by atomic mass is 32.2. The first-order valence-electron chi connectivity index (χ1n) is 10.5. The van der Waals surface area contributed by atoms with Gasteiger partial charge in [0.25, 0.3) is 5.97 Å². The van der Waals surface area contributed by atoms with E-state index in [1.54, 1.807) is 0 Å². The molecule has 3 fully saturated rings. The topological polar surface area (TPSA) is 44.8 Å². The molecule has 0 aliphatic carbocycles. The first-order chi connectivity index (χ1) is 13.1. The first-order valence-corrected chi connectivity index (χ1v) is 11.9. The van der Waals surface area contributed by atoms with E-state index in [1.807, 2.05) is 0 Å². The van der Waals surface area contributed by atoms with Crippen molar-refractivity contribution in [2.75, 3.05) is 25.6 Å². The normalized spacial score (nSPS) is 28.5. The Hall–Kier alpha value is -0.750. The molecule has 5 heteroatoms. The van der Waals surface area contributed by atoms with Gasteiger partial charge in [-0.3, -0.25) is 4.21 Å². The van der Waals surface area contributed by atoms with Crippen LogP contribution in [0.3, 0.4) is 0 Å². The smallest absolute Gasteiger partial charge is 0.283 e. The van der Waals surface area contributed by atoms with Gasteiger partial charge in [-0.1, -0.05) is 60.6 Å². The lowest BCUT2D eigenvalue weighted by atomic mass is 9.89. The van der Waals surface area contributed by atoms with Crippen LogP contribution in [-0.2, 0) is 25.0 Å². The van der Waals surface area contributed by atoms with Crippen molar-refractivity contribution in [2.45, 2.75) is 83.5 Å². The maximum Gasteiger partial charge on any atom is 0.283 e. The summed E-state index contributed by atoms with van der Waals surface area (Å²) in [7, 11) is -1.13. The van der Waals surface area contributed by atoms with Crippen LogP contribution in [0.5, 0.6) is 0 Å². The van der Waals surface area contributed by atoms with Crippen LogP contribution in [0.4, 0.5) is 0 Å². The van der Waals surface area contributed by atoms with Gasteiger partial charge in [0, 0.05) is 22.5 Å². The Morgan fingerprint density at radius 3 is 1.75 bits per heavy atom.